The second-order valence-corrected chi connectivity index (χ2v) is 4.86. The topological polar surface area (TPSA) is 27.1 Å². The van der Waals surface area contributed by atoms with Gasteiger partial charge in [-0.2, -0.15) is 0 Å². The first-order chi connectivity index (χ1) is 8.78. The SMILES string of the molecule is COc1cccc(-n2cnc3ccc(Br)cc32)c1. The van der Waals surface area contributed by atoms with Crippen LogP contribution in [-0.4, -0.2) is 16.7 Å². The molecular formula is C14H11BrN2O. The largest absolute Gasteiger partial charge is 0.497 e. The smallest absolute Gasteiger partial charge is 0.120 e. The van der Waals surface area contributed by atoms with Gasteiger partial charge in [0, 0.05) is 10.5 Å². The molecule has 0 radical (unpaired) electrons. The lowest BCUT2D eigenvalue weighted by Gasteiger charge is -2.06. The van der Waals surface area contributed by atoms with Gasteiger partial charge in [-0.3, -0.25) is 4.57 Å². The number of aromatic nitrogens is 2. The molecule has 3 aromatic rings. The van der Waals surface area contributed by atoms with Crippen LogP contribution in [0.25, 0.3) is 16.7 Å². The maximum Gasteiger partial charge on any atom is 0.120 e. The van der Waals surface area contributed by atoms with Crippen molar-refractivity contribution in [3.63, 3.8) is 0 Å². The van der Waals surface area contributed by atoms with Crippen molar-refractivity contribution in [2.45, 2.75) is 0 Å². The zero-order chi connectivity index (χ0) is 12.5. The average molecular weight is 303 g/mol. The predicted octanol–water partition coefficient (Wildman–Crippen LogP) is 3.80. The number of halogens is 1. The van der Waals surface area contributed by atoms with Gasteiger partial charge in [-0.05, 0) is 30.3 Å². The number of rotatable bonds is 2. The van der Waals surface area contributed by atoms with E-state index >= 15 is 0 Å². The zero-order valence-electron chi connectivity index (χ0n) is 9.80. The molecule has 3 rings (SSSR count). The zero-order valence-corrected chi connectivity index (χ0v) is 11.4. The van der Waals surface area contributed by atoms with Crippen molar-refractivity contribution in [3.8, 4) is 11.4 Å². The first-order valence-corrected chi connectivity index (χ1v) is 6.34. The van der Waals surface area contributed by atoms with Crippen LogP contribution in [0.3, 0.4) is 0 Å². The highest BCUT2D eigenvalue weighted by atomic mass is 79.9. The number of ether oxygens (including phenoxy) is 1. The molecule has 0 saturated carbocycles. The van der Waals surface area contributed by atoms with Crippen LogP contribution in [0.5, 0.6) is 5.75 Å². The van der Waals surface area contributed by atoms with Crippen LogP contribution >= 0.6 is 15.9 Å². The summed E-state index contributed by atoms with van der Waals surface area (Å²) in [5, 5.41) is 0. The van der Waals surface area contributed by atoms with Crippen LogP contribution < -0.4 is 4.74 Å². The van der Waals surface area contributed by atoms with Crippen molar-refractivity contribution in [2.75, 3.05) is 7.11 Å². The van der Waals surface area contributed by atoms with Crippen molar-refractivity contribution in [2.24, 2.45) is 0 Å². The van der Waals surface area contributed by atoms with E-state index in [9.17, 15) is 0 Å². The molecule has 0 atom stereocenters. The Labute approximate surface area is 113 Å². The van der Waals surface area contributed by atoms with Crippen LogP contribution in [0.1, 0.15) is 0 Å². The number of hydrogen-bond donors (Lipinski definition) is 0. The first kappa shape index (κ1) is 11.3. The van der Waals surface area contributed by atoms with Crippen molar-refractivity contribution in [3.05, 3.63) is 53.3 Å². The lowest BCUT2D eigenvalue weighted by atomic mass is 10.2. The van der Waals surface area contributed by atoms with Crippen molar-refractivity contribution in [1.29, 1.82) is 0 Å². The average Bonchev–Trinajstić information content (AvgIpc) is 2.81. The van der Waals surface area contributed by atoms with E-state index in [1.54, 1.807) is 7.11 Å². The summed E-state index contributed by atoms with van der Waals surface area (Å²) in [6.45, 7) is 0. The Morgan fingerprint density at radius 2 is 2.06 bits per heavy atom. The standard InChI is InChI=1S/C14H11BrN2O/c1-18-12-4-2-3-11(8-12)17-9-16-13-6-5-10(15)7-14(13)17/h2-9H,1H3. The number of hydrogen-bond acceptors (Lipinski definition) is 2. The highest BCUT2D eigenvalue weighted by molar-refractivity contribution is 9.10. The minimum atomic E-state index is 0.837. The molecule has 0 fully saturated rings. The molecule has 0 saturated heterocycles. The molecule has 0 spiro atoms. The molecule has 0 N–H and O–H groups in total. The first-order valence-electron chi connectivity index (χ1n) is 5.55. The Hall–Kier alpha value is -1.81. The Morgan fingerprint density at radius 3 is 2.89 bits per heavy atom. The second kappa shape index (κ2) is 4.46. The second-order valence-electron chi connectivity index (χ2n) is 3.95. The fourth-order valence-corrected chi connectivity index (χ4v) is 2.30. The molecule has 0 bridgehead atoms. The predicted molar refractivity (Wildman–Crippen MR) is 75.3 cm³/mol. The number of methoxy groups -OCH3 is 1. The quantitative estimate of drug-likeness (QED) is 0.720. The molecule has 4 heteroatoms. The minimum Gasteiger partial charge on any atom is -0.497 e. The van der Waals surface area contributed by atoms with Crippen molar-refractivity contribution < 1.29 is 4.74 Å². The van der Waals surface area contributed by atoms with E-state index in [1.807, 2.05) is 47.3 Å². The normalized spacial score (nSPS) is 10.8. The maximum atomic E-state index is 5.25. The van der Waals surface area contributed by atoms with Crippen LogP contribution in [0.2, 0.25) is 0 Å². The van der Waals surface area contributed by atoms with Gasteiger partial charge in [-0.25, -0.2) is 4.98 Å². The summed E-state index contributed by atoms with van der Waals surface area (Å²) in [5.74, 6) is 0.837. The van der Waals surface area contributed by atoms with Crippen LogP contribution in [0, 0.1) is 0 Å². The maximum absolute atomic E-state index is 5.25. The van der Waals surface area contributed by atoms with E-state index < -0.39 is 0 Å². The highest BCUT2D eigenvalue weighted by Gasteiger charge is 2.05. The highest BCUT2D eigenvalue weighted by Crippen LogP contribution is 2.23. The fraction of sp³-hybridized carbons (Fsp3) is 0.0714. The number of nitrogens with zero attached hydrogens (tertiary/aromatic N) is 2. The van der Waals surface area contributed by atoms with Gasteiger partial charge in [-0.15, -0.1) is 0 Å². The van der Waals surface area contributed by atoms with Gasteiger partial charge >= 0.3 is 0 Å². The molecule has 3 nitrogen and oxygen atoms in total. The van der Waals surface area contributed by atoms with E-state index in [2.05, 4.69) is 27.0 Å². The Morgan fingerprint density at radius 1 is 1.17 bits per heavy atom. The molecule has 90 valence electrons. The van der Waals surface area contributed by atoms with E-state index in [4.69, 9.17) is 4.74 Å². The number of fused-ring (bicyclic) bond motifs is 1. The molecule has 2 aromatic carbocycles. The number of benzene rings is 2. The molecule has 1 heterocycles. The lowest BCUT2D eigenvalue weighted by Crippen LogP contribution is -1.92. The van der Waals surface area contributed by atoms with E-state index in [0.717, 1.165) is 26.9 Å². The third-order valence-corrected chi connectivity index (χ3v) is 3.33. The van der Waals surface area contributed by atoms with Gasteiger partial charge in [0.15, 0.2) is 0 Å². The molecule has 0 amide bonds. The van der Waals surface area contributed by atoms with Gasteiger partial charge in [0.05, 0.1) is 23.8 Å². The van der Waals surface area contributed by atoms with Gasteiger partial charge < -0.3 is 4.74 Å². The Kier molecular flexibility index (Phi) is 2.80. The summed E-state index contributed by atoms with van der Waals surface area (Å²) in [5.41, 5.74) is 3.08. The Balaban J connectivity index is 2.21. The van der Waals surface area contributed by atoms with Gasteiger partial charge in [0.1, 0.15) is 12.1 Å². The van der Waals surface area contributed by atoms with Crippen molar-refractivity contribution >= 4 is 27.0 Å². The van der Waals surface area contributed by atoms with Gasteiger partial charge in [0.2, 0.25) is 0 Å². The third kappa shape index (κ3) is 1.88. The third-order valence-electron chi connectivity index (χ3n) is 2.84. The fourth-order valence-electron chi connectivity index (χ4n) is 1.95. The monoisotopic (exact) mass is 302 g/mol. The molecule has 18 heavy (non-hydrogen) atoms. The van der Waals surface area contributed by atoms with Crippen LogP contribution in [0.4, 0.5) is 0 Å². The molecule has 0 aliphatic rings. The molecule has 0 unspecified atom stereocenters. The summed E-state index contributed by atoms with van der Waals surface area (Å²) in [7, 11) is 1.67. The van der Waals surface area contributed by atoms with Gasteiger partial charge in [0.25, 0.3) is 0 Å². The van der Waals surface area contributed by atoms with E-state index in [-0.39, 0.29) is 0 Å². The summed E-state index contributed by atoms with van der Waals surface area (Å²) in [6.07, 6.45) is 1.83. The van der Waals surface area contributed by atoms with E-state index in [1.165, 1.54) is 0 Å². The summed E-state index contributed by atoms with van der Waals surface area (Å²) in [4.78, 5) is 4.39. The molecule has 0 aliphatic heterocycles. The molecule has 0 aliphatic carbocycles. The molecular weight excluding hydrogens is 292 g/mol. The number of imidazole rings is 1. The lowest BCUT2D eigenvalue weighted by molar-refractivity contribution is 0.414. The van der Waals surface area contributed by atoms with Crippen LogP contribution in [0.15, 0.2) is 53.3 Å². The minimum absolute atomic E-state index is 0.837. The van der Waals surface area contributed by atoms with Crippen molar-refractivity contribution in [1.82, 2.24) is 9.55 Å². The van der Waals surface area contributed by atoms with Crippen LogP contribution in [-0.2, 0) is 0 Å². The summed E-state index contributed by atoms with van der Waals surface area (Å²) < 4.78 is 8.33. The van der Waals surface area contributed by atoms with E-state index in [0.29, 0.717) is 0 Å². The summed E-state index contributed by atoms with van der Waals surface area (Å²) >= 11 is 3.49. The molecule has 1 aromatic heterocycles. The Bertz CT molecular complexity index is 706. The van der Waals surface area contributed by atoms with Gasteiger partial charge in [-0.1, -0.05) is 22.0 Å². The summed E-state index contributed by atoms with van der Waals surface area (Å²) in [6, 6.07) is 14.0.